The molecule has 0 saturated heterocycles. The average molecular weight is 345 g/mol. The van der Waals surface area contributed by atoms with E-state index in [0.717, 1.165) is 21.3 Å². The van der Waals surface area contributed by atoms with Gasteiger partial charge < -0.3 is 10.3 Å². The van der Waals surface area contributed by atoms with E-state index in [0.29, 0.717) is 0 Å². The van der Waals surface area contributed by atoms with Gasteiger partial charge >= 0.3 is 0 Å². The number of carbonyl (C=O) groups excluding carboxylic acids is 1. The lowest BCUT2D eigenvalue weighted by molar-refractivity contribution is -0.118. The first-order chi connectivity index (χ1) is 8.90. The highest BCUT2D eigenvalue weighted by Gasteiger charge is 2.20. The summed E-state index contributed by atoms with van der Waals surface area (Å²) in [5.41, 5.74) is 7.09. The second-order valence-electron chi connectivity index (χ2n) is 4.61. The minimum absolute atomic E-state index is 0.0696. The van der Waals surface area contributed by atoms with Crippen LogP contribution in [0, 0.1) is 0 Å². The Morgan fingerprint density at radius 1 is 1.53 bits per heavy atom. The zero-order chi connectivity index (χ0) is 14.2. The van der Waals surface area contributed by atoms with Gasteiger partial charge in [0.25, 0.3) is 0 Å². The molecule has 0 aliphatic heterocycles. The Morgan fingerprint density at radius 3 is 2.79 bits per heavy atom. The third-order valence-electron chi connectivity index (χ3n) is 2.97. The number of nitrogens with zero attached hydrogens (tertiary/aromatic N) is 2. The quantitative estimate of drug-likeness (QED) is 0.862. The summed E-state index contributed by atoms with van der Waals surface area (Å²) >= 11 is 9.61. The molecule has 0 fully saturated rings. The number of imidazole rings is 1. The summed E-state index contributed by atoms with van der Waals surface area (Å²) in [5, 5.41) is -0.235. The van der Waals surface area contributed by atoms with E-state index in [9.17, 15) is 4.79 Å². The van der Waals surface area contributed by atoms with Crippen molar-refractivity contribution in [3.05, 3.63) is 28.5 Å². The SMILES string of the molecule is CC(Cl)c1nc2cc(Br)ccc2n1C(C)CC(N)=O. The monoisotopic (exact) mass is 343 g/mol. The lowest BCUT2D eigenvalue weighted by Gasteiger charge is -2.17. The van der Waals surface area contributed by atoms with Crippen molar-refractivity contribution >= 4 is 44.5 Å². The normalized spacial score (nSPS) is 14.5. The van der Waals surface area contributed by atoms with Gasteiger partial charge in [-0.3, -0.25) is 4.79 Å². The van der Waals surface area contributed by atoms with Gasteiger partial charge in [-0.25, -0.2) is 4.98 Å². The summed E-state index contributed by atoms with van der Waals surface area (Å²) in [5.74, 6) is 0.420. The standard InChI is InChI=1S/C13H15BrClN3O/c1-7(5-12(16)19)18-11-4-3-9(14)6-10(11)17-13(18)8(2)15/h3-4,6-8H,5H2,1-2H3,(H2,16,19). The maximum Gasteiger partial charge on any atom is 0.219 e. The Bertz CT molecular complexity index is 624. The van der Waals surface area contributed by atoms with Gasteiger partial charge in [0, 0.05) is 16.9 Å². The zero-order valence-corrected chi connectivity index (χ0v) is 13.1. The third kappa shape index (κ3) is 2.92. The molecule has 1 amide bonds. The van der Waals surface area contributed by atoms with Crippen molar-refractivity contribution in [1.29, 1.82) is 0 Å². The molecule has 102 valence electrons. The summed E-state index contributed by atoms with van der Waals surface area (Å²) in [6.45, 7) is 3.81. The molecular weight excluding hydrogens is 330 g/mol. The summed E-state index contributed by atoms with van der Waals surface area (Å²) in [6.07, 6.45) is 0.262. The second kappa shape index (κ2) is 5.51. The number of hydrogen-bond acceptors (Lipinski definition) is 2. The lowest BCUT2D eigenvalue weighted by Crippen LogP contribution is -2.19. The second-order valence-corrected chi connectivity index (χ2v) is 6.18. The molecular formula is C13H15BrClN3O. The van der Waals surface area contributed by atoms with Gasteiger partial charge in [-0.05, 0) is 32.0 Å². The predicted molar refractivity (Wildman–Crippen MR) is 80.2 cm³/mol. The molecule has 1 heterocycles. The fourth-order valence-electron chi connectivity index (χ4n) is 2.22. The highest BCUT2D eigenvalue weighted by Crippen LogP contribution is 2.30. The highest BCUT2D eigenvalue weighted by molar-refractivity contribution is 9.10. The van der Waals surface area contributed by atoms with Crippen LogP contribution >= 0.6 is 27.5 Å². The number of halogens is 2. The van der Waals surface area contributed by atoms with E-state index in [1.165, 1.54) is 0 Å². The van der Waals surface area contributed by atoms with Gasteiger partial charge in [0.05, 0.1) is 16.4 Å². The first kappa shape index (κ1) is 14.3. The molecule has 1 aromatic heterocycles. The van der Waals surface area contributed by atoms with Gasteiger partial charge in [-0.1, -0.05) is 15.9 Å². The molecule has 0 spiro atoms. The molecule has 0 aliphatic carbocycles. The van der Waals surface area contributed by atoms with Crippen LogP contribution in [0.15, 0.2) is 22.7 Å². The topological polar surface area (TPSA) is 60.9 Å². The summed E-state index contributed by atoms with van der Waals surface area (Å²) in [4.78, 5) is 15.7. The van der Waals surface area contributed by atoms with E-state index < -0.39 is 0 Å². The number of aromatic nitrogens is 2. The number of amides is 1. The van der Waals surface area contributed by atoms with Gasteiger partial charge in [0.2, 0.25) is 5.91 Å². The van der Waals surface area contributed by atoms with E-state index in [4.69, 9.17) is 17.3 Å². The molecule has 2 rings (SSSR count). The molecule has 0 aliphatic rings. The minimum Gasteiger partial charge on any atom is -0.370 e. The number of primary amides is 1. The van der Waals surface area contributed by atoms with Crippen molar-refractivity contribution in [1.82, 2.24) is 9.55 Å². The van der Waals surface area contributed by atoms with Gasteiger partial charge in [-0.15, -0.1) is 11.6 Å². The number of nitrogens with two attached hydrogens (primary N) is 1. The molecule has 2 atom stereocenters. The van der Waals surface area contributed by atoms with Crippen molar-refractivity contribution in [3.8, 4) is 0 Å². The van der Waals surface area contributed by atoms with Gasteiger partial charge in [0.15, 0.2) is 0 Å². The van der Waals surface area contributed by atoms with Crippen LogP contribution in [0.5, 0.6) is 0 Å². The molecule has 2 unspecified atom stereocenters. The van der Waals surface area contributed by atoms with Crippen LogP contribution in [0.1, 0.15) is 37.5 Å². The molecule has 1 aromatic carbocycles. The van der Waals surface area contributed by atoms with E-state index >= 15 is 0 Å². The maximum atomic E-state index is 11.1. The number of rotatable bonds is 4. The first-order valence-corrected chi connectivity index (χ1v) is 7.23. The largest absolute Gasteiger partial charge is 0.370 e. The van der Waals surface area contributed by atoms with Crippen molar-refractivity contribution in [2.75, 3.05) is 0 Å². The highest BCUT2D eigenvalue weighted by atomic mass is 79.9. The van der Waals surface area contributed by atoms with E-state index in [2.05, 4.69) is 20.9 Å². The predicted octanol–water partition coefficient (Wildman–Crippen LogP) is 3.54. The fraction of sp³-hybridized carbons (Fsp3) is 0.385. The molecule has 2 aromatic rings. The Kier molecular flexibility index (Phi) is 4.16. The molecule has 0 radical (unpaired) electrons. The lowest BCUT2D eigenvalue weighted by atomic mass is 10.2. The molecule has 4 nitrogen and oxygen atoms in total. The Hall–Kier alpha value is -1.07. The molecule has 0 bridgehead atoms. The minimum atomic E-state index is -0.334. The van der Waals surface area contributed by atoms with Crippen molar-refractivity contribution in [2.45, 2.75) is 31.7 Å². The van der Waals surface area contributed by atoms with Crippen LogP contribution in [0.4, 0.5) is 0 Å². The molecule has 6 heteroatoms. The van der Waals surface area contributed by atoms with Crippen molar-refractivity contribution in [3.63, 3.8) is 0 Å². The maximum absolute atomic E-state index is 11.1. The van der Waals surface area contributed by atoms with E-state index in [-0.39, 0.29) is 23.7 Å². The van der Waals surface area contributed by atoms with Crippen LogP contribution in [-0.4, -0.2) is 15.5 Å². The number of fused-ring (bicyclic) bond motifs is 1. The van der Waals surface area contributed by atoms with E-state index in [1.807, 2.05) is 36.6 Å². The van der Waals surface area contributed by atoms with Crippen LogP contribution in [0.2, 0.25) is 0 Å². The van der Waals surface area contributed by atoms with Gasteiger partial charge in [-0.2, -0.15) is 0 Å². The van der Waals surface area contributed by atoms with Gasteiger partial charge in [0.1, 0.15) is 5.82 Å². The Balaban J connectivity index is 2.61. The number of alkyl halides is 1. The number of benzene rings is 1. The zero-order valence-electron chi connectivity index (χ0n) is 10.7. The van der Waals surface area contributed by atoms with Crippen LogP contribution in [0.3, 0.4) is 0 Å². The van der Waals surface area contributed by atoms with Crippen molar-refractivity contribution < 1.29 is 4.79 Å². The smallest absolute Gasteiger partial charge is 0.219 e. The van der Waals surface area contributed by atoms with Crippen LogP contribution < -0.4 is 5.73 Å². The molecule has 2 N–H and O–H groups in total. The summed E-state index contributed by atoms with van der Waals surface area (Å²) in [6, 6.07) is 5.78. The first-order valence-electron chi connectivity index (χ1n) is 6.00. The third-order valence-corrected chi connectivity index (χ3v) is 3.66. The van der Waals surface area contributed by atoms with Crippen molar-refractivity contribution in [2.24, 2.45) is 5.73 Å². The summed E-state index contributed by atoms with van der Waals surface area (Å²) < 4.78 is 2.95. The Labute approximate surface area is 125 Å². The van der Waals surface area contributed by atoms with Crippen LogP contribution in [-0.2, 0) is 4.79 Å². The van der Waals surface area contributed by atoms with Crippen LogP contribution in [0.25, 0.3) is 11.0 Å². The molecule has 19 heavy (non-hydrogen) atoms. The Morgan fingerprint density at radius 2 is 2.21 bits per heavy atom. The fourth-order valence-corrected chi connectivity index (χ4v) is 2.72. The number of hydrogen-bond donors (Lipinski definition) is 1. The summed E-state index contributed by atoms with van der Waals surface area (Å²) in [7, 11) is 0. The number of carbonyl (C=O) groups is 1. The van der Waals surface area contributed by atoms with E-state index in [1.54, 1.807) is 0 Å². The molecule has 0 saturated carbocycles. The average Bonchev–Trinajstić information content (AvgIpc) is 2.66.